The molecule has 21 heavy (non-hydrogen) atoms. The maximum atomic E-state index is 5.46. The van der Waals surface area contributed by atoms with Crippen molar-refractivity contribution >= 4 is 0 Å². The lowest BCUT2D eigenvalue weighted by Gasteiger charge is -2.20. The highest BCUT2D eigenvalue weighted by Crippen LogP contribution is 2.34. The van der Waals surface area contributed by atoms with Gasteiger partial charge in [0.15, 0.2) is 11.5 Å². The van der Waals surface area contributed by atoms with E-state index >= 15 is 0 Å². The van der Waals surface area contributed by atoms with E-state index in [0.29, 0.717) is 18.9 Å². The quantitative estimate of drug-likeness (QED) is 0.937. The molecule has 0 fully saturated rings. The van der Waals surface area contributed by atoms with Gasteiger partial charge in [0.2, 0.25) is 6.79 Å². The van der Waals surface area contributed by atoms with Gasteiger partial charge in [-0.25, -0.2) is 0 Å². The summed E-state index contributed by atoms with van der Waals surface area (Å²) in [6.07, 6.45) is 2.23. The van der Waals surface area contributed by atoms with Crippen LogP contribution in [0, 0.1) is 0 Å². The molecule has 0 radical (unpaired) electrons. The first-order valence-corrected chi connectivity index (χ1v) is 7.52. The van der Waals surface area contributed by atoms with Gasteiger partial charge in [0.25, 0.3) is 0 Å². The van der Waals surface area contributed by atoms with E-state index in [1.807, 2.05) is 6.07 Å². The maximum Gasteiger partial charge on any atom is 0.231 e. The number of rotatable bonds is 3. The fraction of sp³-hybridized carbons (Fsp3) is 0.333. The van der Waals surface area contributed by atoms with Gasteiger partial charge in [-0.3, -0.25) is 0 Å². The molecule has 1 atom stereocenters. The summed E-state index contributed by atoms with van der Waals surface area (Å²) in [6, 6.07) is 15.8. The normalized spacial score (nSPS) is 17.8. The van der Waals surface area contributed by atoms with Crippen molar-refractivity contribution in [2.24, 2.45) is 0 Å². The van der Waals surface area contributed by atoms with E-state index in [4.69, 9.17) is 9.47 Å². The first kappa shape index (κ1) is 12.7. The highest BCUT2D eigenvalue weighted by atomic mass is 16.7. The van der Waals surface area contributed by atoms with Crippen LogP contribution < -0.4 is 14.8 Å². The Balaban J connectivity index is 1.46. The topological polar surface area (TPSA) is 30.5 Å². The van der Waals surface area contributed by atoms with Gasteiger partial charge in [-0.2, -0.15) is 0 Å². The zero-order valence-electron chi connectivity index (χ0n) is 12.1. The first-order chi connectivity index (χ1) is 10.3. The van der Waals surface area contributed by atoms with Gasteiger partial charge in [-0.15, -0.1) is 0 Å². The first-order valence-electron chi connectivity index (χ1n) is 7.52. The van der Waals surface area contributed by atoms with Crippen LogP contribution in [-0.2, 0) is 12.8 Å². The van der Waals surface area contributed by atoms with Crippen LogP contribution in [0.15, 0.2) is 42.5 Å². The molecule has 1 aliphatic heterocycles. The Kier molecular flexibility index (Phi) is 3.08. The third kappa shape index (κ3) is 2.38. The summed E-state index contributed by atoms with van der Waals surface area (Å²) < 4.78 is 10.8. The van der Waals surface area contributed by atoms with Gasteiger partial charge < -0.3 is 14.8 Å². The van der Waals surface area contributed by atoms with E-state index in [2.05, 4.69) is 48.6 Å². The van der Waals surface area contributed by atoms with Crippen molar-refractivity contribution in [2.45, 2.75) is 31.8 Å². The lowest BCUT2D eigenvalue weighted by atomic mass is 10.1. The van der Waals surface area contributed by atoms with Gasteiger partial charge in [-0.1, -0.05) is 30.3 Å². The average Bonchev–Trinajstić information content (AvgIpc) is 3.11. The van der Waals surface area contributed by atoms with Crippen molar-refractivity contribution in [3.63, 3.8) is 0 Å². The van der Waals surface area contributed by atoms with Crippen molar-refractivity contribution in [3.05, 3.63) is 59.2 Å². The third-order valence-electron chi connectivity index (χ3n) is 4.43. The Morgan fingerprint density at radius 3 is 2.48 bits per heavy atom. The molecule has 2 aliphatic rings. The Hall–Kier alpha value is -2.00. The SMILES string of the molecule is CC(NC1Cc2ccccc2C1)c1ccc2c(c1)OCO2. The van der Waals surface area contributed by atoms with Gasteiger partial charge >= 0.3 is 0 Å². The summed E-state index contributed by atoms with van der Waals surface area (Å²) in [7, 11) is 0. The Bertz CT molecular complexity index is 643. The highest BCUT2D eigenvalue weighted by molar-refractivity contribution is 5.45. The van der Waals surface area contributed by atoms with E-state index in [0.717, 1.165) is 24.3 Å². The van der Waals surface area contributed by atoms with Crippen LogP contribution in [0.1, 0.15) is 29.7 Å². The van der Waals surface area contributed by atoms with Crippen molar-refractivity contribution in [2.75, 3.05) is 6.79 Å². The zero-order valence-corrected chi connectivity index (χ0v) is 12.1. The van der Waals surface area contributed by atoms with Crippen LogP contribution in [0.2, 0.25) is 0 Å². The molecular weight excluding hydrogens is 262 g/mol. The van der Waals surface area contributed by atoms with Gasteiger partial charge in [-0.05, 0) is 48.6 Å². The van der Waals surface area contributed by atoms with Crippen molar-refractivity contribution in [1.82, 2.24) is 5.32 Å². The second-order valence-electron chi connectivity index (χ2n) is 5.87. The maximum absolute atomic E-state index is 5.46. The number of ether oxygens (including phenoxy) is 2. The lowest BCUT2D eigenvalue weighted by molar-refractivity contribution is 0.174. The molecular formula is C18H19NO2. The van der Waals surface area contributed by atoms with E-state index in [1.165, 1.54) is 16.7 Å². The summed E-state index contributed by atoms with van der Waals surface area (Å²) in [5, 5.41) is 3.74. The minimum atomic E-state index is 0.304. The minimum absolute atomic E-state index is 0.304. The van der Waals surface area contributed by atoms with E-state index in [-0.39, 0.29) is 0 Å². The molecule has 0 saturated carbocycles. The fourth-order valence-electron chi connectivity index (χ4n) is 3.31. The van der Waals surface area contributed by atoms with Gasteiger partial charge in [0.1, 0.15) is 0 Å². The van der Waals surface area contributed by atoms with Crippen molar-refractivity contribution in [3.8, 4) is 11.5 Å². The monoisotopic (exact) mass is 281 g/mol. The summed E-state index contributed by atoms with van der Waals surface area (Å²) in [4.78, 5) is 0. The molecule has 2 aromatic rings. The second kappa shape index (κ2) is 5.08. The molecule has 3 heteroatoms. The minimum Gasteiger partial charge on any atom is -0.454 e. The molecule has 4 rings (SSSR count). The summed E-state index contributed by atoms with van der Waals surface area (Å²) in [5.74, 6) is 1.70. The number of hydrogen-bond donors (Lipinski definition) is 1. The van der Waals surface area contributed by atoms with Gasteiger partial charge in [0.05, 0.1) is 0 Å². The van der Waals surface area contributed by atoms with E-state index in [9.17, 15) is 0 Å². The number of fused-ring (bicyclic) bond motifs is 2. The molecule has 0 spiro atoms. The molecule has 1 aliphatic carbocycles. The van der Waals surface area contributed by atoms with Crippen LogP contribution in [0.25, 0.3) is 0 Å². The van der Waals surface area contributed by atoms with Crippen LogP contribution in [0.5, 0.6) is 11.5 Å². The van der Waals surface area contributed by atoms with Crippen molar-refractivity contribution in [1.29, 1.82) is 0 Å². The number of benzene rings is 2. The molecule has 108 valence electrons. The predicted molar refractivity (Wildman–Crippen MR) is 81.8 cm³/mol. The summed E-state index contributed by atoms with van der Waals surface area (Å²) >= 11 is 0. The van der Waals surface area contributed by atoms with Crippen molar-refractivity contribution < 1.29 is 9.47 Å². The smallest absolute Gasteiger partial charge is 0.231 e. The van der Waals surface area contributed by atoms with Crippen LogP contribution >= 0.6 is 0 Å². The second-order valence-corrected chi connectivity index (χ2v) is 5.87. The Morgan fingerprint density at radius 1 is 1.00 bits per heavy atom. The number of nitrogens with one attached hydrogen (secondary N) is 1. The van der Waals surface area contributed by atoms with Gasteiger partial charge in [0, 0.05) is 12.1 Å². The van der Waals surface area contributed by atoms with Crippen LogP contribution in [0.3, 0.4) is 0 Å². The molecule has 1 unspecified atom stereocenters. The summed E-state index contributed by atoms with van der Waals surface area (Å²) in [5.41, 5.74) is 4.20. The molecule has 0 aromatic heterocycles. The van der Waals surface area contributed by atoms with Crippen LogP contribution in [0.4, 0.5) is 0 Å². The number of hydrogen-bond acceptors (Lipinski definition) is 3. The zero-order chi connectivity index (χ0) is 14.2. The molecule has 3 nitrogen and oxygen atoms in total. The molecule has 0 amide bonds. The Labute approximate surface area is 124 Å². The predicted octanol–water partition coefficient (Wildman–Crippen LogP) is 3.23. The molecule has 0 bridgehead atoms. The molecule has 1 N–H and O–H groups in total. The molecule has 2 aromatic carbocycles. The van der Waals surface area contributed by atoms with Crippen LogP contribution in [-0.4, -0.2) is 12.8 Å². The highest BCUT2D eigenvalue weighted by Gasteiger charge is 2.23. The lowest BCUT2D eigenvalue weighted by Crippen LogP contribution is -2.32. The van der Waals surface area contributed by atoms with E-state index < -0.39 is 0 Å². The van der Waals surface area contributed by atoms with E-state index in [1.54, 1.807) is 0 Å². The Morgan fingerprint density at radius 2 is 1.71 bits per heavy atom. The largest absolute Gasteiger partial charge is 0.454 e. The standard InChI is InChI=1S/C18H19NO2/c1-12(13-6-7-17-18(10-13)21-11-20-17)19-16-8-14-4-2-3-5-15(14)9-16/h2-7,10,12,16,19H,8-9,11H2,1H3. The fourth-order valence-corrected chi connectivity index (χ4v) is 3.31. The molecule has 1 heterocycles. The molecule has 0 saturated heterocycles. The average molecular weight is 281 g/mol. The summed E-state index contributed by atoms with van der Waals surface area (Å²) in [6.45, 7) is 2.54. The third-order valence-corrected chi connectivity index (χ3v) is 4.43.